The van der Waals surface area contributed by atoms with E-state index in [9.17, 15) is 9.59 Å². The van der Waals surface area contributed by atoms with E-state index in [1.165, 1.54) is 0 Å². The predicted octanol–water partition coefficient (Wildman–Crippen LogP) is 3.47. The van der Waals surface area contributed by atoms with Gasteiger partial charge in [-0.2, -0.15) is 0 Å². The third-order valence-electron chi connectivity index (χ3n) is 3.37. The SMILES string of the molecule is CCOc1ccc(C(=O)NNC(=O)CCCOc2ccc(Br)cc2)cc1. The van der Waals surface area contributed by atoms with Gasteiger partial charge in [-0.1, -0.05) is 15.9 Å². The van der Waals surface area contributed by atoms with E-state index in [2.05, 4.69) is 26.8 Å². The van der Waals surface area contributed by atoms with Gasteiger partial charge >= 0.3 is 0 Å². The van der Waals surface area contributed by atoms with Crippen LogP contribution in [0.15, 0.2) is 53.0 Å². The quantitative estimate of drug-likeness (QED) is 0.506. The Balaban J connectivity index is 1.64. The summed E-state index contributed by atoms with van der Waals surface area (Å²) in [4.78, 5) is 23.7. The Morgan fingerprint density at radius 1 is 0.923 bits per heavy atom. The van der Waals surface area contributed by atoms with Crippen LogP contribution in [0.4, 0.5) is 0 Å². The molecule has 2 amide bonds. The van der Waals surface area contributed by atoms with Gasteiger partial charge in [-0.05, 0) is 61.9 Å². The summed E-state index contributed by atoms with van der Waals surface area (Å²) in [6, 6.07) is 14.2. The van der Waals surface area contributed by atoms with Crippen molar-refractivity contribution in [3.8, 4) is 11.5 Å². The summed E-state index contributed by atoms with van der Waals surface area (Å²) in [5.74, 6) is 0.785. The predicted molar refractivity (Wildman–Crippen MR) is 102 cm³/mol. The highest BCUT2D eigenvalue weighted by atomic mass is 79.9. The van der Waals surface area contributed by atoms with Gasteiger partial charge in [-0.3, -0.25) is 20.4 Å². The second-order valence-electron chi connectivity index (χ2n) is 5.37. The molecule has 0 atom stereocenters. The number of carbonyl (C=O) groups excluding carboxylic acids is 2. The molecule has 0 heterocycles. The van der Waals surface area contributed by atoms with Gasteiger partial charge < -0.3 is 9.47 Å². The van der Waals surface area contributed by atoms with Crippen molar-refractivity contribution in [3.05, 3.63) is 58.6 Å². The number of benzene rings is 2. The van der Waals surface area contributed by atoms with Crippen LogP contribution in [0.25, 0.3) is 0 Å². The summed E-state index contributed by atoms with van der Waals surface area (Å²) in [6.45, 7) is 2.87. The van der Waals surface area contributed by atoms with Crippen LogP contribution in [-0.2, 0) is 4.79 Å². The van der Waals surface area contributed by atoms with E-state index in [-0.39, 0.29) is 18.2 Å². The molecule has 26 heavy (non-hydrogen) atoms. The van der Waals surface area contributed by atoms with Crippen molar-refractivity contribution in [2.24, 2.45) is 0 Å². The number of carbonyl (C=O) groups is 2. The number of hydrazine groups is 1. The Bertz CT molecular complexity index is 717. The van der Waals surface area contributed by atoms with Crippen LogP contribution in [0.2, 0.25) is 0 Å². The molecular formula is C19H21BrN2O4. The lowest BCUT2D eigenvalue weighted by molar-refractivity contribution is -0.122. The summed E-state index contributed by atoms with van der Waals surface area (Å²) in [6.07, 6.45) is 0.793. The average Bonchev–Trinajstić information content (AvgIpc) is 2.65. The maximum Gasteiger partial charge on any atom is 0.269 e. The van der Waals surface area contributed by atoms with Crippen LogP contribution in [0.5, 0.6) is 11.5 Å². The van der Waals surface area contributed by atoms with Gasteiger partial charge in [-0.25, -0.2) is 0 Å². The molecule has 0 aliphatic heterocycles. The fourth-order valence-electron chi connectivity index (χ4n) is 2.08. The zero-order valence-corrected chi connectivity index (χ0v) is 16.0. The van der Waals surface area contributed by atoms with Crippen LogP contribution >= 0.6 is 15.9 Å². The molecule has 0 unspecified atom stereocenters. The van der Waals surface area contributed by atoms with Crippen LogP contribution in [-0.4, -0.2) is 25.0 Å². The molecule has 0 radical (unpaired) electrons. The molecule has 2 aromatic carbocycles. The minimum Gasteiger partial charge on any atom is -0.494 e. The van der Waals surface area contributed by atoms with Crippen LogP contribution in [0.3, 0.4) is 0 Å². The van der Waals surface area contributed by atoms with E-state index in [4.69, 9.17) is 9.47 Å². The molecule has 0 saturated carbocycles. The standard InChI is InChI=1S/C19H21BrN2O4/c1-2-25-16-9-5-14(6-10-16)19(24)22-21-18(23)4-3-13-26-17-11-7-15(20)8-12-17/h5-12H,2-4,13H2,1H3,(H,21,23)(H,22,24). The Morgan fingerprint density at radius 3 is 2.19 bits per heavy atom. The van der Waals surface area contributed by atoms with E-state index in [0.29, 0.717) is 30.9 Å². The molecule has 138 valence electrons. The van der Waals surface area contributed by atoms with Crippen LogP contribution in [0, 0.1) is 0 Å². The first-order valence-electron chi connectivity index (χ1n) is 8.29. The lowest BCUT2D eigenvalue weighted by Crippen LogP contribution is -2.41. The number of hydrogen-bond acceptors (Lipinski definition) is 4. The van der Waals surface area contributed by atoms with E-state index in [0.717, 1.165) is 10.2 Å². The van der Waals surface area contributed by atoms with Gasteiger partial charge in [-0.15, -0.1) is 0 Å². The first-order valence-corrected chi connectivity index (χ1v) is 9.08. The van der Waals surface area contributed by atoms with Gasteiger partial charge in [0.2, 0.25) is 5.91 Å². The average molecular weight is 421 g/mol. The zero-order chi connectivity index (χ0) is 18.8. The number of halogens is 1. The van der Waals surface area contributed by atoms with Crippen LogP contribution < -0.4 is 20.3 Å². The molecular weight excluding hydrogens is 400 g/mol. The third-order valence-corrected chi connectivity index (χ3v) is 3.90. The molecule has 0 aromatic heterocycles. The Hall–Kier alpha value is -2.54. The van der Waals surface area contributed by atoms with Crippen molar-refractivity contribution in [2.75, 3.05) is 13.2 Å². The number of amides is 2. The van der Waals surface area contributed by atoms with Gasteiger partial charge in [0, 0.05) is 16.5 Å². The molecule has 6 nitrogen and oxygen atoms in total. The summed E-state index contributed by atoms with van der Waals surface area (Å²) < 4.78 is 11.8. The summed E-state index contributed by atoms with van der Waals surface area (Å²) in [7, 11) is 0. The van der Waals surface area contributed by atoms with E-state index >= 15 is 0 Å². The highest BCUT2D eigenvalue weighted by molar-refractivity contribution is 9.10. The number of ether oxygens (including phenoxy) is 2. The smallest absolute Gasteiger partial charge is 0.269 e. The lowest BCUT2D eigenvalue weighted by Gasteiger charge is -2.09. The maximum absolute atomic E-state index is 12.0. The zero-order valence-electron chi connectivity index (χ0n) is 14.5. The minimum atomic E-state index is -0.382. The van der Waals surface area contributed by atoms with E-state index < -0.39 is 0 Å². The topological polar surface area (TPSA) is 76.7 Å². The first kappa shape index (κ1) is 19.8. The van der Waals surface area contributed by atoms with Crippen molar-refractivity contribution in [2.45, 2.75) is 19.8 Å². The monoisotopic (exact) mass is 420 g/mol. The number of hydrogen-bond donors (Lipinski definition) is 2. The van der Waals surface area contributed by atoms with Gasteiger partial charge in [0.05, 0.1) is 13.2 Å². The number of rotatable bonds is 8. The fourth-order valence-corrected chi connectivity index (χ4v) is 2.35. The molecule has 0 saturated heterocycles. The Kier molecular flexibility index (Phi) is 7.95. The summed E-state index contributed by atoms with van der Waals surface area (Å²) >= 11 is 3.35. The van der Waals surface area contributed by atoms with Crippen LogP contribution in [0.1, 0.15) is 30.1 Å². The largest absolute Gasteiger partial charge is 0.494 e. The van der Waals surface area contributed by atoms with Gasteiger partial charge in [0.1, 0.15) is 11.5 Å². The highest BCUT2D eigenvalue weighted by Crippen LogP contribution is 2.16. The molecule has 2 rings (SSSR count). The fraction of sp³-hybridized carbons (Fsp3) is 0.263. The lowest BCUT2D eigenvalue weighted by atomic mass is 10.2. The Labute approximate surface area is 161 Å². The summed E-state index contributed by atoms with van der Waals surface area (Å²) in [5, 5.41) is 0. The first-order chi connectivity index (χ1) is 12.6. The maximum atomic E-state index is 12.0. The van der Waals surface area contributed by atoms with Crippen molar-refractivity contribution in [3.63, 3.8) is 0 Å². The highest BCUT2D eigenvalue weighted by Gasteiger charge is 2.07. The van der Waals surface area contributed by atoms with Crippen molar-refractivity contribution < 1.29 is 19.1 Å². The minimum absolute atomic E-state index is 0.250. The molecule has 0 fully saturated rings. The Morgan fingerprint density at radius 2 is 1.54 bits per heavy atom. The molecule has 2 N–H and O–H groups in total. The molecule has 0 aliphatic rings. The molecule has 0 aliphatic carbocycles. The molecule has 7 heteroatoms. The van der Waals surface area contributed by atoms with Crippen molar-refractivity contribution in [1.29, 1.82) is 0 Å². The normalized spacial score (nSPS) is 10.1. The third kappa shape index (κ3) is 6.76. The van der Waals surface area contributed by atoms with Crippen molar-refractivity contribution >= 4 is 27.7 Å². The van der Waals surface area contributed by atoms with E-state index in [1.807, 2.05) is 31.2 Å². The second kappa shape index (κ2) is 10.5. The second-order valence-corrected chi connectivity index (χ2v) is 6.28. The molecule has 2 aromatic rings. The van der Waals surface area contributed by atoms with Crippen molar-refractivity contribution in [1.82, 2.24) is 10.9 Å². The van der Waals surface area contributed by atoms with Gasteiger partial charge in [0.25, 0.3) is 5.91 Å². The summed E-state index contributed by atoms with van der Waals surface area (Å²) in [5.41, 5.74) is 5.22. The van der Waals surface area contributed by atoms with E-state index in [1.54, 1.807) is 24.3 Å². The molecule has 0 spiro atoms. The molecule has 0 bridgehead atoms. The van der Waals surface area contributed by atoms with Gasteiger partial charge in [0.15, 0.2) is 0 Å². The number of nitrogens with one attached hydrogen (secondary N) is 2.